The second kappa shape index (κ2) is 7.90. The summed E-state index contributed by atoms with van der Waals surface area (Å²) in [6, 6.07) is 6.39. The minimum Gasteiger partial charge on any atom is -0.392 e. The van der Waals surface area contributed by atoms with Crippen LogP contribution in [0.2, 0.25) is 0 Å². The summed E-state index contributed by atoms with van der Waals surface area (Å²) in [5.74, 6) is -0.669. The third kappa shape index (κ3) is 5.28. The van der Waals surface area contributed by atoms with E-state index in [1.807, 2.05) is 13.8 Å². The number of benzene rings is 1. The maximum atomic E-state index is 12.0. The Hall–Kier alpha value is -1.72. The molecule has 0 aliphatic heterocycles. The molecule has 21 heavy (non-hydrogen) atoms. The first-order valence-corrected chi connectivity index (χ1v) is 7.14. The van der Waals surface area contributed by atoms with Crippen molar-refractivity contribution in [3.63, 3.8) is 0 Å². The van der Waals surface area contributed by atoms with Crippen LogP contribution in [0, 0.1) is 11.8 Å². The summed E-state index contributed by atoms with van der Waals surface area (Å²) in [5, 5.41) is 11.7. The van der Waals surface area contributed by atoms with Gasteiger partial charge in [-0.1, -0.05) is 32.9 Å². The smallest absolute Gasteiger partial charge is 0.227 e. The van der Waals surface area contributed by atoms with Gasteiger partial charge in [0.05, 0.1) is 12.6 Å². The molecule has 1 aromatic carbocycles. The van der Waals surface area contributed by atoms with Gasteiger partial charge >= 0.3 is 0 Å². The van der Waals surface area contributed by atoms with Crippen molar-refractivity contribution < 1.29 is 14.7 Å². The Balaban J connectivity index is 2.56. The molecule has 2 atom stereocenters. The molecule has 0 aliphatic rings. The van der Waals surface area contributed by atoms with Gasteiger partial charge < -0.3 is 16.2 Å². The molecule has 1 rings (SSSR count). The number of Topliss-reactive ketones (excluding diaryl/α,β-unsaturated/α-hetero) is 1. The van der Waals surface area contributed by atoms with Crippen molar-refractivity contribution in [2.24, 2.45) is 17.6 Å². The van der Waals surface area contributed by atoms with Crippen LogP contribution < -0.4 is 11.1 Å². The quantitative estimate of drug-likeness (QED) is 0.713. The van der Waals surface area contributed by atoms with Crippen molar-refractivity contribution in [3.8, 4) is 0 Å². The van der Waals surface area contributed by atoms with E-state index in [4.69, 9.17) is 10.8 Å². The fourth-order valence-electron chi connectivity index (χ4n) is 1.86. The Bertz CT molecular complexity index is 483. The van der Waals surface area contributed by atoms with E-state index in [0.29, 0.717) is 5.69 Å². The Labute approximate surface area is 125 Å². The molecule has 1 amide bonds. The van der Waals surface area contributed by atoms with E-state index in [1.165, 1.54) is 0 Å². The molecule has 4 N–H and O–H groups in total. The van der Waals surface area contributed by atoms with E-state index in [2.05, 4.69) is 5.32 Å². The van der Waals surface area contributed by atoms with E-state index in [-0.39, 0.29) is 30.6 Å². The van der Waals surface area contributed by atoms with Crippen molar-refractivity contribution >= 4 is 17.4 Å². The van der Waals surface area contributed by atoms with E-state index >= 15 is 0 Å². The Morgan fingerprint density at radius 1 is 1.19 bits per heavy atom. The van der Waals surface area contributed by atoms with Gasteiger partial charge in [0.25, 0.3) is 0 Å². The van der Waals surface area contributed by atoms with Crippen LogP contribution >= 0.6 is 0 Å². The first kappa shape index (κ1) is 17.3. The van der Waals surface area contributed by atoms with Crippen molar-refractivity contribution in [2.75, 3.05) is 5.32 Å². The van der Waals surface area contributed by atoms with E-state index in [9.17, 15) is 9.59 Å². The monoisotopic (exact) mass is 292 g/mol. The largest absolute Gasteiger partial charge is 0.392 e. The maximum Gasteiger partial charge on any atom is 0.227 e. The summed E-state index contributed by atoms with van der Waals surface area (Å²) < 4.78 is 0. The van der Waals surface area contributed by atoms with Crippen LogP contribution in [0.1, 0.15) is 32.8 Å². The van der Waals surface area contributed by atoms with Crippen LogP contribution in [-0.4, -0.2) is 22.8 Å². The summed E-state index contributed by atoms with van der Waals surface area (Å²) in [5.41, 5.74) is 7.21. The van der Waals surface area contributed by atoms with Crippen molar-refractivity contribution in [1.82, 2.24) is 0 Å². The van der Waals surface area contributed by atoms with Crippen LogP contribution in [0.3, 0.4) is 0 Å². The number of rotatable bonds is 7. The van der Waals surface area contributed by atoms with Gasteiger partial charge in [0.2, 0.25) is 5.91 Å². The third-order valence-corrected chi connectivity index (χ3v) is 3.45. The van der Waals surface area contributed by atoms with Gasteiger partial charge in [0.1, 0.15) is 0 Å². The van der Waals surface area contributed by atoms with Crippen LogP contribution in [0.4, 0.5) is 5.69 Å². The summed E-state index contributed by atoms with van der Waals surface area (Å²) in [7, 11) is 0. The van der Waals surface area contributed by atoms with Crippen molar-refractivity contribution in [3.05, 3.63) is 29.8 Å². The van der Waals surface area contributed by atoms with Gasteiger partial charge in [-0.25, -0.2) is 0 Å². The number of ketones is 1. The van der Waals surface area contributed by atoms with E-state index in [0.717, 1.165) is 5.56 Å². The highest BCUT2D eigenvalue weighted by Crippen LogP contribution is 2.14. The lowest BCUT2D eigenvalue weighted by Crippen LogP contribution is -2.37. The summed E-state index contributed by atoms with van der Waals surface area (Å²) >= 11 is 0. The van der Waals surface area contributed by atoms with Gasteiger partial charge in [-0.2, -0.15) is 0 Å². The number of aliphatic hydroxyl groups is 1. The Kier molecular flexibility index (Phi) is 6.52. The molecule has 0 aromatic heterocycles. The van der Waals surface area contributed by atoms with Gasteiger partial charge in [0, 0.05) is 18.0 Å². The van der Waals surface area contributed by atoms with E-state index < -0.39 is 12.0 Å². The molecular formula is C16H24N2O3. The number of nitrogens with one attached hydrogen (secondary N) is 1. The molecule has 0 heterocycles. The molecule has 1 unspecified atom stereocenters. The van der Waals surface area contributed by atoms with Crippen LogP contribution in [-0.2, 0) is 16.2 Å². The van der Waals surface area contributed by atoms with Gasteiger partial charge in [-0.15, -0.1) is 0 Å². The zero-order chi connectivity index (χ0) is 16.0. The second-order valence-electron chi connectivity index (χ2n) is 5.69. The fraction of sp³-hybridized carbons (Fsp3) is 0.500. The fourth-order valence-corrected chi connectivity index (χ4v) is 1.86. The van der Waals surface area contributed by atoms with Crippen molar-refractivity contribution in [1.29, 1.82) is 0 Å². The van der Waals surface area contributed by atoms with Gasteiger partial charge in [0.15, 0.2) is 5.78 Å². The van der Waals surface area contributed by atoms with Crippen LogP contribution in [0.15, 0.2) is 24.3 Å². The number of carbonyl (C=O) groups excluding carboxylic acids is 2. The average molecular weight is 292 g/mol. The maximum absolute atomic E-state index is 12.0. The lowest BCUT2D eigenvalue weighted by Gasteiger charge is -2.17. The predicted octanol–water partition coefficient (Wildman–Crippen LogP) is 1.70. The van der Waals surface area contributed by atoms with E-state index in [1.54, 1.807) is 31.2 Å². The Morgan fingerprint density at radius 3 is 2.24 bits per heavy atom. The standard InChI is InChI=1S/C16H24N2O3/c1-10(2)15(17)14(20)8-11(3)16(21)18-13-6-4-12(9-19)5-7-13/h4-7,10-11,15,19H,8-9,17H2,1-3H3,(H,18,21)/t11-,15?/m1/s1. The van der Waals surface area contributed by atoms with Crippen LogP contribution in [0.25, 0.3) is 0 Å². The molecule has 0 fully saturated rings. The number of carbonyl (C=O) groups is 2. The molecule has 1 aromatic rings. The highest BCUT2D eigenvalue weighted by Gasteiger charge is 2.23. The number of nitrogens with two attached hydrogens (primary N) is 1. The molecule has 0 bridgehead atoms. The van der Waals surface area contributed by atoms with Crippen molar-refractivity contribution in [2.45, 2.75) is 39.8 Å². The van der Waals surface area contributed by atoms with Gasteiger partial charge in [-0.05, 0) is 23.6 Å². The molecule has 116 valence electrons. The molecule has 0 aliphatic carbocycles. The van der Waals surface area contributed by atoms with Gasteiger partial charge in [-0.3, -0.25) is 9.59 Å². The highest BCUT2D eigenvalue weighted by molar-refractivity contribution is 5.96. The highest BCUT2D eigenvalue weighted by atomic mass is 16.3. The zero-order valence-corrected chi connectivity index (χ0v) is 12.8. The minimum absolute atomic E-state index is 0.0355. The number of hydrogen-bond acceptors (Lipinski definition) is 4. The Morgan fingerprint density at radius 2 is 1.76 bits per heavy atom. The molecule has 0 saturated heterocycles. The minimum atomic E-state index is -0.524. The molecule has 0 spiro atoms. The molecule has 0 radical (unpaired) electrons. The third-order valence-electron chi connectivity index (χ3n) is 3.45. The average Bonchev–Trinajstić information content (AvgIpc) is 2.46. The lowest BCUT2D eigenvalue weighted by molar-refractivity contribution is -0.127. The zero-order valence-electron chi connectivity index (χ0n) is 12.8. The topological polar surface area (TPSA) is 92.4 Å². The molecule has 0 saturated carbocycles. The molecular weight excluding hydrogens is 268 g/mol. The van der Waals surface area contributed by atoms with Crippen LogP contribution in [0.5, 0.6) is 0 Å². The lowest BCUT2D eigenvalue weighted by atomic mass is 9.93. The first-order chi connectivity index (χ1) is 9.85. The number of hydrogen-bond donors (Lipinski definition) is 3. The number of aliphatic hydroxyl groups excluding tert-OH is 1. The normalized spacial score (nSPS) is 13.8. The first-order valence-electron chi connectivity index (χ1n) is 7.14. The summed E-state index contributed by atoms with van der Waals surface area (Å²) in [4.78, 5) is 23.9. The molecule has 5 heteroatoms. The second-order valence-corrected chi connectivity index (χ2v) is 5.69. The summed E-state index contributed by atoms with van der Waals surface area (Å²) in [6.07, 6.45) is 0.139. The SMILES string of the molecule is CC(C)C(N)C(=O)C[C@@H](C)C(=O)Nc1ccc(CO)cc1. The summed E-state index contributed by atoms with van der Waals surface area (Å²) in [6.45, 7) is 5.45. The molecule has 5 nitrogen and oxygen atoms in total. The number of anilines is 1. The number of amides is 1. The predicted molar refractivity (Wildman–Crippen MR) is 82.6 cm³/mol.